The zero-order chi connectivity index (χ0) is 10.1. The zero-order valence-electron chi connectivity index (χ0n) is 9.12. The van der Waals surface area contributed by atoms with Crippen molar-refractivity contribution in [1.29, 1.82) is 0 Å². The molecule has 2 heteroatoms. The molecule has 2 rings (SSSR count). The van der Waals surface area contributed by atoms with Crippen molar-refractivity contribution in [1.82, 2.24) is 4.98 Å². The summed E-state index contributed by atoms with van der Waals surface area (Å²) in [7, 11) is 0. The third kappa shape index (κ3) is 1.39. The van der Waals surface area contributed by atoms with Gasteiger partial charge < -0.3 is 5.32 Å². The van der Waals surface area contributed by atoms with Crippen molar-refractivity contribution in [3.05, 3.63) is 24.0 Å². The molecule has 1 aromatic heterocycles. The summed E-state index contributed by atoms with van der Waals surface area (Å²) in [6.45, 7) is 6.82. The minimum atomic E-state index is 0.583. The second-order valence-corrected chi connectivity index (χ2v) is 4.39. The molecular weight excluding hydrogens is 172 g/mol. The fourth-order valence-electron chi connectivity index (χ4n) is 2.43. The van der Waals surface area contributed by atoms with E-state index in [1.54, 1.807) is 0 Å². The Labute approximate surface area is 85.7 Å². The van der Waals surface area contributed by atoms with E-state index in [0.717, 1.165) is 0 Å². The molecule has 0 spiro atoms. The van der Waals surface area contributed by atoms with Crippen molar-refractivity contribution < 1.29 is 0 Å². The van der Waals surface area contributed by atoms with Gasteiger partial charge in [-0.05, 0) is 24.0 Å². The Hall–Kier alpha value is -1.05. The molecule has 0 saturated heterocycles. The van der Waals surface area contributed by atoms with Gasteiger partial charge in [0.1, 0.15) is 0 Å². The predicted octanol–water partition coefficient (Wildman–Crippen LogP) is 3.03. The van der Waals surface area contributed by atoms with Gasteiger partial charge in [-0.25, -0.2) is 0 Å². The summed E-state index contributed by atoms with van der Waals surface area (Å²) in [5.41, 5.74) is 2.68. The van der Waals surface area contributed by atoms with Crippen LogP contribution in [0.1, 0.15) is 38.7 Å². The SMILES string of the molecule is CCC1c2ccncc2NC1C(C)C. The van der Waals surface area contributed by atoms with Crippen LogP contribution in [-0.4, -0.2) is 11.0 Å². The molecule has 0 amide bonds. The van der Waals surface area contributed by atoms with Gasteiger partial charge in [-0.1, -0.05) is 20.8 Å². The lowest BCUT2D eigenvalue weighted by Gasteiger charge is -2.22. The first-order valence-electron chi connectivity index (χ1n) is 5.44. The summed E-state index contributed by atoms with van der Waals surface area (Å²) in [5, 5.41) is 3.57. The minimum Gasteiger partial charge on any atom is -0.380 e. The van der Waals surface area contributed by atoms with Crippen LogP contribution < -0.4 is 5.32 Å². The highest BCUT2D eigenvalue weighted by molar-refractivity contribution is 5.57. The fraction of sp³-hybridized carbons (Fsp3) is 0.583. The van der Waals surface area contributed by atoms with Gasteiger partial charge in [-0.15, -0.1) is 0 Å². The number of hydrogen-bond donors (Lipinski definition) is 1. The van der Waals surface area contributed by atoms with Crippen LogP contribution in [0.3, 0.4) is 0 Å². The Morgan fingerprint density at radius 1 is 1.50 bits per heavy atom. The van der Waals surface area contributed by atoms with Crippen molar-refractivity contribution >= 4 is 5.69 Å². The van der Waals surface area contributed by atoms with E-state index < -0.39 is 0 Å². The third-order valence-electron chi connectivity index (χ3n) is 3.17. The van der Waals surface area contributed by atoms with Crippen LogP contribution >= 0.6 is 0 Å². The van der Waals surface area contributed by atoms with Crippen LogP contribution in [0.5, 0.6) is 0 Å². The van der Waals surface area contributed by atoms with Gasteiger partial charge in [0.15, 0.2) is 0 Å². The summed E-state index contributed by atoms with van der Waals surface area (Å²) in [6, 6.07) is 2.73. The predicted molar refractivity (Wildman–Crippen MR) is 59.5 cm³/mol. The Bertz CT molecular complexity index is 320. The number of hydrogen-bond acceptors (Lipinski definition) is 2. The Morgan fingerprint density at radius 2 is 2.29 bits per heavy atom. The largest absolute Gasteiger partial charge is 0.380 e. The maximum absolute atomic E-state index is 4.16. The fourth-order valence-corrected chi connectivity index (χ4v) is 2.43. The molecule has 1 aliphatic rings. The Kier molecular flexibility index (Phi) is 2.44. The molecule has 0 aliphatic carbocycles. The molecule has 0 aromatic carbocycles. The third-order valence-corrected chi connectivity index (χ3v) is 3.17. The van der Waals surface area contributed by atoms with Crippen molar-refractivity contribution in [3.63, 3.8) is 0 Å². The molecule has 2 heterocycles. The molecule has 0 saturated carbocycles. The highest BCUT2D eigenvalue weighted by Crippen LogP contribution is 2.39. The average molecular weight is 190 g/mol. The van der Waals surface area contributed by atoms with Crippen molar-refractivity contribution in [2.45, 2.75) is 39.2 Å². The van der Waals surface area contributed by atoms with Crippen LogP contribution in [-0.2, 0) is 0 Å². The van der Waals surface area contributed by atoms with Crippen LogP contribution in [0, 0.1) is 5.92 Å². The van der Waals surface area contributed by atoms with Gasteiger partial charge in [0, 0.05) is 18.2 Å². The normalized spacial score (nSPS) is 24.9. The number of fused-ring (bicyclic) bond motifs is 1. The molecule has 76 valence electrons. The molecule has 1 aliphatic heterocycles. The second-order valence-electron chi connectivity index (χ2n) is 4.39. The number of anilines is 1. The van der Waals surface area contributed by atoms with Crippen molar-refractivity contribution in [3.8, 4) is 0 Å². The van der Waals surface area contributed by atoms with Gasteiger partial charge >= 0.3 is 0 Å². The monoisotopic (exact) mass is 190 g/mol. The molecule has 0 fully saturated rings. The van der Waals surface area contributed by atoms with E-state index in [9.17, 15) is 0 Å². The molecule has 0 bridgehead atoms. The summed E-state index contributed by atoms with van der Waals surface area (Å²) >= 11 is 0. The van der Waals surface area contributed by atoms with E-state index in [-0.39, 0.29) is 0 Å². The lowest BCUT2D eigenvalue weighted by molar-refractivity contribution is 0.454. The van der Waals surface area contributed by atoms with Crippen molar-refractivity contribution in [2.75, 3.05) is 5.32 Å². The van der Waals surface area contributed by atoms with Crippen LogP contribution in [0.15, 0.2) is 18.5 Å². The van der Waals surface area contributed by atoms with E-state index in [2.05, 4.69) is 37.1 Å². The Morgan fingerprint density at radius 3 is 2.93 bits per heavy atom. The smallest absolute Gasteiger partial charge is 0.0565 e. The van der Waals surface area contributed by atoms with Crippen LogP contribution in [0.4, 0.5) is 5.69 Å². The van der Waals surface area contributed by atoms with Gasteiger partial charge in [0.2, 0.25) is 0 Å². The van der Waals surface area contributed by atoms with Crippen LogP contribution in [0.25, 0.3) is 0 Å². The number of pyridine rings is 1. The molecule has 1 N–H and O–H groups in total. The molecule has 1 aromatic rings. The minimum absolute atomic E-state index is 0.583. The summed E-state index contributed by atoms with van der Waals surface area (Å²) in [5.74, 6) is 1.33. The Balaban J connectivity index is 2.34. The maximum atomic E-state index is 4.16. The summed E-state index contributed by atoms with van der Waals surface area (Å²) < 4.78 is 0. The molecule has 2 unspecified atom stereocenters. The average Bonchev–Trinajstić information content (AvgIpc) is 2.56. The standard InChI is InChI=1S/C12H18N2/c1-4-9-10-5-6-13-7-11(10)14-12(9)8(2)3/h5-9,12,14H,4H2,1-3H3. The molecule has 14 heavy (non-hydrogen) atoms. The van der Waals surface area contributed by atoms with E-state index in [1.165, 1.54) is 17.7 Å². The molecule has 0 radical (unpaired) electrons. The second kappa shape index (κ2) is 3.60. The molecular formula is C12H18N2. The summed E-state index contributed by atoms with van der Waals surface area (Å²) in [6.07, 6.45) is 5.04. The summed E-state index contributed by atoms with van der Waals surface area (Å²) in [4.78, 5) is 4.16. The number of nitrogens with zero attached hydrogens (tertiary/aromatic N) is 1. The van der Waals surface area contributed by atoms with Gasteiger partial charge in [0.05, 0.1) is 11.9 Å². The van der Waals surface area contributed by atoms with E-state index in [0.29, 0.717) is 17.9 Å². The van der Waals surface area contributed by atoms with Gasteiger partial charge in [-0.2, -0.15) is 0 Å². The number of rotatable bonds is 2. The first-order valence-corrected chi connectivity index (χ1v) is 5.44. The lowest BCUT2D eigenvalue weighted by Crippen LogP contribution is -2.26. The van der Waals surface area contributed by atoms with E-state index in [4.69, 9.17) is 0 Å². The van der Waals surface area contributed by atoms with Gasteiger partial charge in [-0.3, -0.25) is 4.98 Å². The van der Waals surface area contributed by atoms with Gasteiger partial charge in [0.25, 0.3) is 0 Å². The molecule has 2 nitrogen and oxygen atoms in total. The first-order chi connectivity index (χ1) is 6.74. The quantitative estimate of drug-likeness (QED) is 0.775. The highest BCUT2D eigenvalue weighted by atomic mass is 15.0. The number of aromatic nitrogens is 1. The number of nitrogens with one attached hydrogen (secondary N) is 1. The lowest BCUT2D eigenvalue weighted by atomic mass is 9.87. The molecule has 2 atom stereocenters. The van der Waals surface area contributed by atoms with Crippen LogP contribution in [0.2, 0.25) is 0 Å². The topological polar surface area (TPSA) is 24.9 Å². The maximum Gasteiger partial charge on any atom is 0.0565 e. The van der Waals surface area contributed by atoms with E-state index in [1.807, 2.05) is 12.4 Å². The van der Waals surface area contributed by atoms with E-state index >= 15 is 0 Å². The highest BCUT2D eigenvalue weighted by Gasteiger charge is 2.32. The first kappa shape index (κ1) is 9.50. The zero-order valence-corrected chi connectivity index (χ0v) is 9.12. The van der Waals surface area contributed by atoms with Crippen molar-refractivity contribution in [2.24, 2.45) is 5.92 Å².